The molecule has 0 spiro atoms. The largest absolute Gasteiger partial charge is 0.573 e. The van der Waals surface area contributed by atoms with Crippen LogP contribution >= 0.6 is 11.3 Å². The summed E-state index contributed by atoms with van der Waals surface area (Å²) in [6.07, 6.45) is -3.69. The summed E-state index contributed by atoms with van der Waals surface area (Å²) < 4.78 is 45.1. The Bertz CT molecular complexity index is 1300. The second-order valence-corrected chi connectivity index (χ2v) is 10.1. The van der Waals surface area contributed by atoms with Crippen molar-refractivity contribution in [3.8, 4) is 5.75 Å². The number of thiazole rings is 1. The minimum absolute atomic E-state index is 0.0345. The Balaban J connectivity index is 1.34. The Kier molecular flexibility index (Phi) is 7.05. The Morgan fingerprint density at radius 3 is 2.65 bits per heavy atom. The van der Waals surface area contributed by atoms with Gasteiger partial charge >= 0.3 is 6.36 Å². The summed E-state index contributed by atoms with van der Waals surface area (Å²) in [7, 11) is 1.99. The summed E-state index contributed by atoms with van der Waals surface area (Å²) in [4.78, 5) is 33.7. The van der Waals surface area contributed by atoms with Gasteiger partial charge in [-0.05, 0) is 13.1 Å². The van der Waals surface area contributed by atoms with Gasteiger partial charge in [0.25, 0.3) is 0 Å². The van der Waals surface area contributed by atoms with E-state index >= 15 is 0 Å². The highest BCUT2D eigenvalue weighted by molar-refractivity contribution is 7.13. The fraction of sp³-hybridized carbons (Fsp3) is 0.478. The monoisotopic (exact) mass is 537 g/mol. The number of alkyl halides is 3. The number of carbonyl (C=O) groups excluding carboxylic acids is 2. The van der Waals surface area contributed by atoms with Gasteiger partial charge in [0.15, 0.2) is 10.9 Å². The number of rotatable bonds is 8. The maximum atomic E-state index is 13.1. The van der Waals surface area contributed by atoms with E-state index in [2.05, 4.69) is 30.4 Å². The third-order valence-electron chi connectivity index (χ3n) is 6.36. The second kappa shape index (κ2) is 10.3. The van der Waals surface area contributed by atoms with Crippen LogP contribution in [0.1, 0.15) is 16.1 Å². The van der Waals surface area contributed by atoms with Crippen molar-refractivity contribution in [1.82, 2.24) is 29.9 Å². The summed E-state index contributed by atoms with van der Waals surface area (Å²) in [6, 6.07) is 2.84. The molecule has 5 rings (SSSR count). The minimum Gasteiger partial charge on any atom is -0.405 e. The van der Waals surface area contributed by atoms with Gasteiger partial charge in [0.05, 0.1) is 11.6 Å². The van der Waals surface area contributed by atoms with Crippen molar-refractivity contribution in [3.63, 3.8) is 0 Å². The van der Waals surface area contributed by atoms with Crippen molar-refractivity contribution in [2.24, 2.45) is 0 Å². The third-order valence-corrected chi connectivity index (χ3v) is 7.14. The fourth-order valence-corrected chi connectivity index (χ4v) is 4.97. The zero-order chi connectivity index (χ0) is 26.2. The lowest BCUT2D eigenvalue weighted by molar-refractivity contribution is -0.274. The maximum Gasteiger partial charge on any atom is 0.573 e. The van der Waals surface area contributed by atoms with E-state index in [4.69, 9.17) is 0 Å². The SMILES string of the molecule is CN1CCN(C(=O)Cn2cc3cc(CC(=O)c4csc(NC5CNC5)n4)c(OC(F)(F)F)cc3n2)CC1. The van der Waals surface area contributed by atoms with Gasteiger partial charge in [-0.15, -0.1) is 24.5 Å². The smallest absolute Gasteiger partial charge is 0.405 e. The van der Waals surface area contributed by atoms with Crippen molar-refractivity contribution in [2.45, 2.75) is 25.4 Å². The number of ketones is 1. The lowest BCUT2D eigenvalue weighted by atomic mass is 10.0. The van der Waals surface area contributed by atoms with Gasteiger partial charge < -0.3 is 25.2 Å². The first-order chi connectivity index (χ1) is 17.6. The molecule has 37 heavy (non-hydrogen) atoms. The average molecular weight is 538 g/mol. The van der Waals surface area contributed by atoms with Crippen LogP contribution in [0.2, 0.25) is 0 Å². The standard InChI is InChI=1S/C23H26F3N7O3S/c1-31-2-4-32(5-3-31)21(35)12-33-11-15-6-14(20(8-17(15)30-33)36-23(24,25)26)7-19(34)18-13-37-22(29-18)28-16-9-27-10-16/h6,8,11,13,16,27H,2-5,7,9-10,12H2,1H3,(H,28,29). The number of ether oxygens (including phenoxy) is 1. The highest BCUT2D eigenvalue weighted by Crippen LogP contribution is 2.32. The molecule has 14 heteroatoms. The maximum absolute atomic E-state index is 13.1. The molecule has 2 aromatic heterocycles. The molecule has 3 aromatic rings. The Morgan fingerprint density at radius 1 is 1.22 bits per heavy atom. The molecule has 10 nitrogen and oxygen atoms in total. The number of anilines is 1. The van der Waals surface area contributed by atoms with Crippen LogP contribution in [-0.4, -0.2) is 95.0 Å². The number of hydrogen-bond donors (Lipinski definition) is 2. The van der Waals surface area contributed by atoms with Crippen LogP contribution < -0.4 is 15.4 Å². The summed E-state index contributed by atoms with van der Waals surface area (Å²) in [6.45, 7) is 4.33. The van der Waals surface area contributed by atoms with Crippen LogP contribution in [0.4, 0.5) is 18.3 Å². The number of carbonyl (C=O) groups is 2. The minimum atomic E-state index is -4.94. The number of hydrogen-bond acceptors (Lipinski definition) is 9. The zero-order valence-electron chi connectivity index (χ0n) is 20.0. The van der Waals surface area contributed by atoms with Gasteiger partial charge in [0.1, 0.15) is 18.0 Å². The van der Waals surface area contributed by atoms with Crippen LogP contribution in [0.5, 0.6) is 5.75 Å². The molecule has 1 amide bonds. The average Bonchev–Trinajstić information content (AvgIpc) is 3.42. The first-order valence-corrected chi connectivity index (χ1v) is 12.7. The molecule has 2 N–H and O–H groups in total. The van der Waals surface area contributed by atoms with Crippen molar-refractivity contribution in [2.75, 3.05) is 51.6 Å². The number of fused-ring (bicyclic) bond motifs is 1. The quantitative estimate of drug-likeness (QED) is 0.421. The van der Waals surface area contributed by atoms with Crippen LogP contribution in [0.25, 0.3) is 10.9 Å². The number of piperazine rings is 1. The summed E-state index contributed by atoms with van der Waals surface area (Å²) >= 11 is 1.27. The van der Waals surface area contributed by atoms with Gasteiger partial charge in [0.2, 0.25) is 5.91 Å². The lowest BCUT2D eigenvalue weighted by Crippen LogP contribution is -2.51. The lowest BCUT2D eigenvalue weighted by Gasteiger charge is -2.32. The number of nitrogens with zero attached hydrogens (tertiary/aromatic N) is 5. The van der Waals surface area contributed by atoms with E-state index in [1.54, 1.807) is 16.5 Å². The van der Waals surface area contributed by atoms with Gasteiger partial charge in [0, 0.05) is 74.3 Å². The first-order valence-electron chi connectivity index (χ1n) is 11.8. The Hall–Kier alpha value is -3.23. The fourth-order valence-electron chi connectivity index (χ4n) is 4.18. The number of amides is 1. The van der Waals surface area contributed by atoms with Crippen molar-refractivity contribution in [1.29, 1.82) is 0 Å². The molecule has 1 aromatic carbocycles. The second-order valence-electron chi connectivity index (χ2n) is 9.21. The normalized spacial score (nSPS) is 17.1. The molecule has 2 aliphatic heterocycles. The van der Waals surface area contributed by atoms with E-state index < -0.39 is 17.9 Å². The molecule has 2 fully saturated rings. The van der Waals surface area contributed by atoms with Crippen molar-refractivity contribution >= 4 is 39.1 Å². The van der Waals surface area contributed by atoms with Gasteiger partial charge in [-0.2, -0.15) is 5.10 Å². The summed E-state index contributed by atoms with van der Waals surface area (Å²) in [5.74, 6) is -1.05. The first kappa shape index (κ1) is 25.4. The number of benzene rings is 1. The number of Topliss-reactive ketones (excluding diaryl/α,β-unsaturated/α-hetero) is 1. The van der Waals surface area contributed by atoms with Crippen LogP contribution in [0, 0.1) is 0 Å². The van der Waals surface area contributed by atoms with E-state index in [0.717, 1.165) is 32.2 Å². The molecule has 198 valence electrons. The molecule has 0 bridgehead atoms. The predicted molar refractivity (Wildman–Crippen MR) is 131 cm³/mol. The zero-order valence-corrected chi connectivity index (χ0v) is 20.9. The van der Waals surface area contributed by atoms with E-state index in [9.17, 15) is 22.8 Å². The molecule has 0 aliphatic carbocycles. The van der Waals surface area contributed by atoms with Crippen LogP contribution in [0.3, 0.4) is 0 Å². The number of nitrogens with one attached hydrogen (secondary N) is 2. The number of likely N-dealkylation sites (N-methyl/N-ethyl adjacent to an activating group) is 1. The van der Waals surface area contributed by atoms with Crippen LogP contribution in [-0.2, 0) is 17.8 Å². The summed E-state index contributed by atoms with van der Waals surface area (Å²) in [5.41, 5.74) is 0.465. The third kappa shape index (κ3) is 6.19. The van der Waals surface area contributed by atoms with Gasteiger partial charge in [-0.3, -0.25) is 14.3 Å². The Morgan fingerprint density at radius 2 is 1.97 bits per heavy atom. The molecular weight excluding hydrogens is 511 g/mol. The molecule has 0 radical (unpaired) electrons. The van der Waals surface area contributed by atoms with E-state index in [1.807, 2.05) is 7.05 Å². The molecule has 2 saturated heterocycles. The van der Waals surface area contributed by atoms with Crippen molar-refractivity contribution < 1.29 is 27.5 Å². The molecule has 0 unspecified atom stereocenters. The van der Waals surface area contributed by atoms with E-state index in [0.29, 0.717) is 23.6 Å². The van der Waals surface area contributed by atoms with Gasteiger partial charge in [-0.1, -0.05) is 0 Å². The molecular formula is C23H26F3N7O3S. The summed E-state index contributed by atoms with van der Waals surface area (Å²) in [5, 5.41) is 13.3. The molecule has 0 saturated carbocycles. The van der Waals surface area contributed by atoms with Gasteiger partial charge in [-0.25, -0.2) is 4.98 Å². The Labute approximate surface area is 214 Å². The molecule has 4 heterocycles. The number of aromatic nitrogens is 3. The predicted octanol–water partition coefficient (Wildman–Crippen LogP) is 1.97. The van der Waals surface area contributed by atoms with E-state index in [-0.39, 0.29) is 41.7 Å². The topological polar surface area (TPSA) is 105 Å². The number of halogens is 3. The highest BCUT2D eigenvalue weighted by Gasteiger charge is 2.33. The van der Waals surface area contributed by atoms with Crippen molar-refractivity contribution in [3.05, 3.63) is 35.0 Å². The van der Waals surface area contributed by atoms with E-state index in [1.165, 1.54) is 22.1 Å². The molecule has 0 atom stereocenters. The molecule has 2 aliphatic rings. The van der Waals surface area contributed by atoms with Crippen LogP contribution in [0.15, 0.2) is 23.7 Å². The highest BCUT2D eigenvalue weighted by atomic mass is 32.1.